The van der Waals surface area contributed by atoms with Crippen molar-refractivity contribution in [2.24, 2.45) is 0 Å². The number of aromatic nitrogens is 1. The zero-order valence-electron chi connectivity index (χ0n) is 17.8. The summed E-state index contributed by atoms with van der Waals surface area (Å²) in [6, 6.07) is 15.2. The molecule has 0 aliphatic carbocycles. The number of para-hydroxylation sites is 1. The fourth-order valence-electron chi connectivity index (χ4n) is 4.15. The number of pyridine rings is 1. The van der Waals surface area contributed by atoms with Gasteiger partial charge in [0, 0.05) is 6.20 Å². The number of aryl methyl sites for hydroxylation is 1. The highest BCUT2D eigenvalue weighted by atomic mass is 16.5. The maximum absolute atomic E-state index is 13.6. The van der Waals surface area contributed by atoms with Crippen LogP contribution >= 0.6 is 0 Å². The van der Waals surface area contributed by atoms with Crippen LogP contribution in [0.4, 0.5) is 5.82 Å². The summed E-state index contributed by atoms with van der Waals surface area (Å²) in [6.45, 7) is 1.92. The number of anilines is 1. The summed E-state index contributed by atoms with van der Waals surface area (Å²) in [6.07, 6.45) is 1.64. The fourth-order valence-corrected chi connectivity index (χ4v) is 4.15. The monoisotopic (exact) mass is 428 g/mol. The van der Waals surface area contributed by atoms with Gasteiger partial charge in [0.25, 0.3) is 5.91 Å². The molecule has 1 amide bonds. The molecule has 0 bridgehead atoms. The van der Waals surface area contributed by atoms with Crippen LogP contribution in [0.2, 0.25) is 0 Å². The number of fused-ring (bicyclic) bond motifs is 2. The van der Waals surface area contributed by atoms with Gasteiger partial charge in [-0.25, -0.2) is 4.98 Å². The van der Waals surface area contributed by atoms with Gasteiger partial charge < -0.3 is 13.9 Å². The molecule has 1 aliphatic heterocycles. The van der Waals surface area contributed by atoms with Gasteiger partial charge in [-0.2, -0.15) is 0 Å². The van der Waals surface area contributed by atoms with E-state index in [1.807, 2.05) is 25.1 Å². The van der Waals surface area contributed by atoms with Crippen LogP contribution in [-0.4, -0.2) is 25.1 Å². The number of methoxy groups -OCH3 is 2. The number of ether oxygens (including phenoxy) is 2. The van der Waals surface area contributed by atoms with Crippen LogP contribution < -0.4 is 19.8 Å². The predicted octanol–water partition coefficient (Wildman–Crippen LogP) is 4.26. The molecule has 160 valence electrons. The number of hydrogen-bond acceptors (Lipinski definition) is 6. The summed E-state index contributed by atoms with van der Waals surface area (Å²) in [4.78, 5) is 33.0. The number of rotatable bonds is 4. The first-order chi connectivity index (χ1) is 15.5. The molecule has 1 aliphatic rings. The molecule has 4 aromatic rings. The first kappa shape index (κ1) is 19.8. The van der Waals surface area contributed by atoms with Crippen molar-refractivity contribution in [2.45, 2.75) is 13.0 Å². The number of amides is 1. The van der Waals surface area contributed by atoms with Gasteiger partial charge in [-0.05, 0) is 54.4 Å². The van der Waals surface area contributed by atoms with Crippen molar-refractivity contribution in [3.8, 4) is 11.5 Å². The van der Waals surface area contributed by atoms with E-state index in [-0.39, 0.29) is 16.8 Å². The molecular formula is C25H20N2O5. The molecule has 0 radical (unpaired) electrons. The largest absolute Gasteiger partial charge is 0.493 e. The summed E-state index contributed by atoms with van der Waals surface area (Å²) in [5, 5.41) is 0.420. The zero-order valence-corrected chi connectivity index (χ0v) is 17.8. The topological polar surface area (TPSA) is 81.9 Å². The maximum atomic E-state index is 13.6. The Bertz CT molecular complexity index is 1430. The van der Waals surface area contributed by atoms with Gasteiger partial charge in [0.2, 0.25) is 5.76 Å². The van der Waals surface area contributed by atoms with Crippen LogP contribution in [0.15, 0.2) is 70.0 Å². The van der Waals surface area contributed by atoms with Crippen molar-refractivity contribution in [1.29, 1.82) is 0 Å². The van der Waals surface area contributed by atoms with Gasteiger partial charge >= 0.3 is 0 Å². The minimum Gasteiger partial charge on any atom is -0.493 e. The van der Waals surface area contributed by atoms with E-state index in [2.05, 4.69) is 4.98 Å². The maximum Gasteiger partial charge on any atom is 0.296 e. The molecule has 0 saturated heterocycles. The van der Waals surface area contributed by atoms with E-state index in [1.54, 1.807) is 49.7 Å². The molecule has 5 rings (SSSR count). The number of carbonyl (C=O) groups excluding carboxylic acids is 1. The van der Waals surface area contributed by atoms with Gasteiger partial charge in [-0.1, -0.05) is 18.2 Å². The molecule has 1 atom stereocenters. The minimum atomic E-state index is -0.729. The van der Waals surface area contributed by atoms with Crippen LogP contribution in [-0.2, 0) is 0 Å². The van der Waals surface area contributed by atoms with Crippen LogP contribution in [0, 0.1) is 6.92 Å². The molecule has 0 fully saturated rings. The van der Waals surface area contributed by atoms with Crippen molar-refractivity contribution in [3.63, 3.8) is 0 Å². The van der Waals surface area contributed by atoms with Gasteiger partial charge in [0.15, 0.2) is 16.9 Å². The lowest BCUT2D eigenvalue weighted by molar-refractivity contribution is 0.0970. The molecule has 0 spiro atoms. The third-order valence-corrected chi connectivity index (χ3v) is 5.65. The molecular weight excluding hydrogens is 408 g/mol. The predicted molar refractivity (Wildman–Crippen MR) is 120 cm³/mol. The molecule has 3 heterocycles. The van der Waals surface area contributed by atoms with Crippen LogP contribution in [0.25, 0.3) is 11.0 Å². The summed E-state index contributed by atoms with van der Waals surface area (Å²) in [5.74, 6) is 1.09. The Morgan fingerprint density at radius 3 is 2.50 bits per heavy atom. The second-order valence-electron chi connectivity index (χ2n) is 7.55. The molecule has 2 aromatic carbocycles. The van der Waals surface area contributed by atoms with Crippen molar-refractivity contribution in [3.05, 3.63) is 93.5 Å². The molecule has 32 heavy (non-hydrogen) atoms. The zero-order chi connectivity index (χ0) is 22.4. The Morgan fingerprint density at radius 1 is 0.969 bits per heavy atom. The van der Waals surface area contributed by atoms with E-state index in [4.69, 9.17) is 13.9 Å². The Labute approximate surface area is 183 Å². The molecule has 2 aromatic heterocycles. The highest BCUT2D eigenvalue weighted by molar-refractivity contribution is 6.10. The first-order valence-corrected chi connectivity index (χ1v) is 10.1. The summed E-state index contributed by atoms with van der Waals surface area (Å²) >= 11 is 0. The summed E-state index contributed by atoms with van der Waals surface area (Å²) in [7, 11) is 3.09. The number of carbonyl (C=O) groups is 1. The van der Waals surface area contributed by atoms with Crippen molar-refractivity contribution < 1.29 is 18.7 Å². The van der Waals surface area contributed by atoms with Crippen LogP contribution in [0.3, 0.4) is 0 Å². The number of nitrogens with zero attached hydrogens (tertiary/aromatic N) is 2. The lowest BCUT2D eigenvalue weighted by atomic mass is 9.98. The lowest BCUT2D eigenvalue weighted by Crippen LogP contribution is -2.30. The highest BCUT2D eigenvalue weighted by Gasteiger charge is 2.44. The third-order valence-electron chi connectivity index (χ3n) is 5.65. The molecule has 7 nitrogen and oxygen atoms in total. The Balaban J connectivity index is 1.81. The van der Waals surface area contributed by atoms with E-state index < -0.39 is 11.9 Å². The number of benzene rings is 2. The van der Waals surface area contributed by atoms with E-state index in [1.165, 1.54) is 12.0 Å². The van der Waals surface area contributed by atoms with Gasteiger partial charge in [-0.3, -0.25) is 14.5 Å². The van der Waals surface area contributed by atoms with Gasteiger partial charge in [0.05, 0.1) is 31.2 Å². The highest BCUT2D eigenvalue weighted by Crippen LogP contribution is 2.42. The van der Waals surface area contributed by atoms with Crippen LogP contribution in [0.5, 0.6) is 11.5 Å². The van der Waals surface area contributed by atoms with Crippen LogP contribution in [0.1, 0.15) is 33.3 Å². The SMILES string of the molecule is COc1ccc(C2c3c(oc4ccccc4c3=O)C(=O)N2c2cc(C)ccn2)cc1OC. The summed E-state index contributed by atoms with van der Waals surface area (Å²) < 4.78 is 16.8. The normalized spacial score (nSPS) is 15.2. The first-order valence-electron chi connectivity index (χ1n) is 10.1. The third kappa shape index (κ3) is 2.93. The smallest absolute Gasteiger partial charge is 0.296 e. The van der Waals surface area contributed by atoms with E-state index >= 15 is 0 Å². The average molecular weight is 428 g/mol. The average Bonchev–Trinajstić information content (AvgIpc) is 3.11. The standard InChI is InChI=1S/C25H20N2O5/c1-14-10-11-26-20(12-14)27-22(15-8-9-18(30-2)19(13-15)31-3)21-23(28)16-6-4-5-7-17(16)32-24(21)25(27)29/h4-13,22H,1-3H3. The second-order valence-corrected chi connectivity index (χ2v) is 7.55. The van der Waals surface area contributed by atoms with E-state index in [0.717, 1.165) is 5.56 Å². The Kier molecular flexibility index (Phi) is 4.66. The fraction of sp³-hybridized carbons (Fsp3) is 0.160. The van der Waals surface area contributed by atoms with Crippen molar-refractivity contribution in [1.82, 2.24) is 4.98 Å². The van der Waals surface area contributed by atoms with E-state index in [9.17, 15) is 9.59 Å². The van der Waals surface area contributed by atoms with Crippen molar-refractivity contribution >= 4 is 22.7 Å². The van der Waals surface area contributed by atoms with E-state index in [0.29, 0.717) is 33.8 Å². The van der Waals surface area contributed by atoms with Gasteiger partial charge in [-0.15, -0.1) is 0 Å². The second kappa shape index (κ2) is 7.53. The lowest BCUT2D eigenvalue weighted by Gasteiger charge is -2.25. The Morgan fingerprint density at radius 2 is 1.75 bits per heavy atom. The Hall–Kier alpha value is -4.13. The van der Waals surface area contributed by atoms with Gasteiger partial charge in [0.1, 0.15) is 11.4 Å². The molecule has 7 heteroatoms. The van der Waals surface area contributed by atoms with Crippen molar-refractivity contribution in [2.75, 3.05) is 19.1 Å². The molecule has 1 unspecified atom stereocenters. The number of hydrogen-bond donors (Lipinski definition) is 0. The molecule has 0 saturated carbocycles. The molecule has 0 N–H and O–H groups in total. The summed E-state index contributed by atoms with van der Waals surface area (Å²) in [5.41, 5.74) is 2.03. The minimum absolute atomic E-state index is 0.0248. The quantitative estimate of drug-likeness (QED) is 0.483.